The number of carboxylic acid groups (broad SMARTS) is 1. The third-order valence-corrected chi connectivity index (χ3v) is 4.55. The third kappa shape index (κ3) is 3.30. The predicted octanol–water partition coefficient (Wildman–Crippen LogP) is 0.739. The Hall–Kier alpha value is -1.14. The summed E-state index contributed by atoms with van der Waals surface area (Å²) in [5, 5.41) is 9.24. The number of methoxy groups -OCH3 is 1. The summed E-state index contributed by atoms with van der Waals surface area (Å²) in [6.07, 6.45) is 5.36. The maximum absolute atomic E-state index is 12.4. The molecule has 0 aromatic heterocycles. The lowest BCUT2D eigenvalue weighted by Crippen LogP contribution is -2.49. The van der Waals surface area contributed by atoms with Gasteiger partial charge in [0.15, 0.2) is 0 Å². The van der Waals surface area contributed by atoms with E-state index in [1.165, 1.54) is 11.3 Å². The molecule has 1 aliphatic carbocycles. The Balaban J connectivity index is 2.01. The van der Waals surface area contributed by atoms with Gasteiger partial charge in [-0.25, -0.2) is 4.79 Å². The van der Waals surface area contributed by atoms with Crippen molar-refractivity contribution < 1.29 is 19.4 Å². The number of ether oxygens (including phenoxy) is 1. The fourth-order valence-corrected chi connectivity index (χ4v) is 3.31. The summed E-state index contributed by atoms with van der Waals surface area (Å²) < 4.78 is 5.20. The lowest BCUT2D eigenvalue weighted by Gasteiger charge is -2.34. The van der Waals surface area contributed by atoms with Gasteiger partial charge in [-0.05, 0) is 12.8 Å². The number of carbonyl (C=O) groups excluding carboxylic acids is 1. The molecule has 0 aromatic rings. The number of carboxylic acids is 1. The van der Waals surface area contributed by atoms with Crippen LogP contribution >= 0.6 is 0 Å². The largest absolute Gasteiger partial charge is 0.480 e. The second kappa shape index (κ2) is 6.10. The first-order chi connectivity index (χ1) is 9.45. The van der Waals surface area contributed by atoms with Crippen LogP contribution in [0, 0.1) is 0 Å². The molecule has 0 bridgehead atoms. The summed E-state index contributed by atoms with van der Waals surface area (Å²) in [6, 6.07) is -0.778. The molecule has 2 fully saturated rings. The number of likely N-dealkylation sites (tertiary alicyclic amines) is 1. The van der Waals surface area contributed by atoms with Gasteiger partial charge in [0, 0.05) is 32.0 Å². The number of aliphatic carboxylic acids is 1. The van der Waals surface area contributed by atoms with Gasteiger partial charge < -0.3 is 20.5 Å². The van der Waals surface area contributed by atoms with E-state index in [9.17, 15) is 14.7 Å². The van der Waals surface area contributed by atoms with Crippen molar-refractivity contribution in [1.29, 1.82) is 0 Å². The standard InChI is InChI=1S/C14H24N2O4/c1-20-10-7-11(13(18)19)16(9-10)12(17)8-14(15)5-3-2-4-6-14/h10-11H,2-9,15H2,1H3,(H,18,19). The molecule has 0 spiro atoms. The zero-order valence-electron chi connectivity index (χ0n) is 12.0. The molecular weight excluding hydrogens is 260 g/mol. The molecule has 1 heterocycles. The van der Waals surface area contributed by atoms with Gasteiger partial charge in [0.1, 0.15) is 6.04 Å². The lowest BCUT2D eigenvalue weighted by atomic mass is 9.80. The summed E-state index contributed by atoms with van der Waals surface area (Å²) >= 11 is 0. The van der Waals surface area contributed by atoms with Gasteiger partial charge in [0.25, 0.3) is 0 Å². The van der Waals surface area contributed by atoms with Gasteiger partial charge in [0.05, 0.1) is 6.10 Å². The van der Waals surface area contributed by atoms with E-state index in [0.29, 0.717) is 13.0 Å². The monoisotopic (exact) mass is 284 g/mol. The van der Waals surface area contributed by atoms with Gasteiger partial charge in [-0.15, -0.1) is 0 Å². The Morgan fingerprint density at radius 2 is 2.00 bits per heavy atom. The van der Waals surface area contributed by atoms with Crippen LogP contribution in [0.15, 0.2) is 0 Å². The highest BCUT2D eigenvalue weighted by molar-refractivity contribution is 5.85. The summed E-state index contributed by atoms with van der Waals surface area (Å²) in [5.74, 6) is -1.12. The van der Waals surface area contributed by atoms with E-state index >= 15 is 0 Å². The van der Waals surface area contributed by atoms with E-state index in [1.54, 1.807) is 7.11 Å². The second-order valence-corrected chi connectivity index (χ2v) is 6.09. The molecule has 0 radical (unpaired) electrons. The number of amides is 1. The molecule has 6 nitrogen and oxygen atoms in total. The minimum absolute atomic E-state index is 0.152. The van der Waals surface area contributed by atoms with E-state index in [4.69, 9.17) is 10.5 Å². The Morgan fingerprint density at radius 1 is 1.35 bits per heavy atom. The van der Waals surface area contributed by atoms with E-state index in [1.807, 2.05) is 0 Å². The zero-order chi connectivity index (χ0) is 14.8. The Labute approximate surface area is 119 Å². The van der Waals surface area contributed by atoms with Crippen LogP contribution in [0.1, 0.15) is 44.9 Å². The topological polar surface area (TPSA) is 92.9 Å². The molecule has 2 unspecified atom stereocenters. The first-order valence-corrected chi connectivity index (χ1v) is 7.29. The maximum atomic E-state index is 12.4. The molecule has 6 heteroatoms. The number of hydrogen-bond acceptors (Lipinski definition) is 4. The minimum atomic E-state index is -0.965. The maximum Gasteiger partial charge on any atom is 0.326 e. The smallest absolute Gasteiger partial charge is 0.326 e. The van der Waals surface area contributed by atoms with Gasteiger partial charge in [0.2, 0.25) is 5.91 Å². The van der Waals surface area contributed by atoms with E-state index in [-0.39, 0.29) is 18.4 Å². The molecule has 2 atom stereocenters. The molecular formula is C14H24N2O4. The van der Waals surface area contributed by atoms with Crippen LogP contribution in [0.3, 0.4) is 0 Å². The van der Waals surface area contributed by atoms with Crippen molar-refractivity contribution in [3.05, 3.63) is 0 Å². The normalized spacial score (nSPS) is 29.4. The average Bonchev–Trinajstić information content (AvgIpc) is 2.83. The van der Waals surface area contributed by atoms with Crippen molar-refractivity contribution in [2.24, 2.45) is 5.73 Å². The van der Waals surface area contributed by atoms with Crippen LogP contribution in [-0.2, 0) is 14.3 Å². The van der Waals surface area contributed by atoms with Gasteiger partial charge in [-0.1, -0.05) is 19.3 Å². The lowest BCUT2D eigenvalue weighted by molar-refractivity contribution is -0.148. The first-order valence-electron chi connectivity index (χ1n) is 7.29. The summed E-state index contributed by atoms with van der Waals surface area (Å²) in [5.41, 5.74) is 5.84. The fraction of sp³-hybridized carbons (Fsp3) is 0.857. The molecule has 2 aliphatic rings. The highest BCUT2D eigenvalue weighted by atomic mass is 16.5. The highest BCUT2D eigenvalue weighted by Gasteiger charge is 2.42. The average molecular weight is 284 g/mol. The molecule has 114 valence electrons. The quantitative estimate of drug-likeness (QED) is 0.794. The first kappa shape index (κ1) is 15.3. The van der Waals surface area contributed by atoms with Gasteiger partial charge in [-0.3, -0.25) is 4.79 Å². The number of hydrogen-bond donors (Lipinski definition) is 2. The SMILES string of the molecule is COC1CC(C(=O)O)N(C(=O)CC2(N)CCCCC2)C1. The van der Waals surface area contributed by atoms with E-state index in [2.05, 4.69) is 0 Å². The van der Waals surface area contributed by atoms with Crippen LogP contribution in [0.2, 0.25) is 0 Å². The van der Waals surface area contributed by atoms with Crippen molar-refractivity contribution >= 4 is 11.9 Å². The highest BCUT2D eigenvalue weighted by Crippen LogP contribution is 2.31. The van der Waals surface area contributed by atoms with Crippen LogP contribution < -0.4 is 5.73 Å². The Bertz CT molecular complexity index is 379. The number of nitrogens with two attached hydrogens (primary N) is 1. The molecule has 1 saturated heterocycles. The zero-order valence-corrected chi connectivity index (χ0v) is 12.0. The van der Waals surface area contributed by atoms with Gasteiger partial charge in [-0.2, -0.15) is 0 Å². The minimum Gasteiger partial charge on any atom is -0.480 e. The Kier molecular flexibility index (Phi) is 4.65. The molecule has 1 saturated carbocycles. The van der Waals surface area contributed by atoms with Crippen molar-refractivity contribution in [3.63, 3.8) is 0 Å². The number of nitrogens with zero attached hydrogens (tertiary/aromatic N) is 1. The van der Waals surface area contributed by atoms with Crippen molar-refractivity contribution in [1.82, 2.24) is 4.90 Å². The van der Waals surface area contributed by atoms with Crippen molar-refractivity contribution in [2.45, 2.75) is 62.6 Å². The van der Waals surface area contributed by atoms with Crippen LogP contribution in [-0.4, -0.2) is 53.2 Å². The van der Waals surface area contributed by atoms with E-state index < -0.39 is 17.6 Å². The van der Waals surface area contributed by atoms with Crippen LogP contribution in [0.4, 0.5) is 0 Å². The number of carbonyl (C=O) groups is 2. The van der Waals surface area contributed by atoms with Crippen molar-refractivity contribution in [3.8, 4) is 0 Å². The number of rotatable bonds is 4. The molecule has 20 heavy (non-hydrogen) atoms. The fourth-order valence-electron chi connectivity index (χ4n) is 3.31. The second-order valence-electron chi connectivity index (χ2n) is 6.09. The third-order valence-electron chi connectivity index (χ3n) is 4.55. The van der Waals surface area contributed by atoms with Crippen molar-refractivity contribution in [2.75, 3.05) is 13.7 Å². The molecule has 1 amide bonds. The Morgan fingerprint density at radius 3 is 2.55 bits per heavy atom. The molecule has 1 aliphatic heterocycles. The molecule has 2 rings (SSSR count). The van der Waals surface area contributed by atoms with Gasteiger partial charge >= 0.3 is 5.97 Å². The summed E-state index contributed by atoms with van der Waals surface area (Å²) in [4.78, 5) is 25.1. The van der Waals surface area contributed by atoms with Crippen LogP contribution in [0.25, 0.3) is 0 Å². The molecule has 3 N–H and O–H groups in total. The summed E-state index contributed by atoms with van der Waals surface area (Å²) in [6.45, 7) is 0.350. The van der Waals surface area contributed by atoms with E-state index in [0.717, 1.165) is 25.7 Å². The summed E-state index contributed by atoms with van der Waals surface area (Å²) in [7, 11) is 1.54. The van der Waals surface area contributed by atoms with Crippen LogP contribution in [0.5, 0.6) is 0 Å². The predicted molar refractivity (Wildman–Crippen MR) is 73.2 cm³/mol. The molecule has 0 aromatic carbocycles.